The van der Waals surface area contributed by atoms with E-state index in [1.54, 1.807) is 18.3 Å². The van der Waals surface area contributed by atoms with Gasteiger partial charge in [0.1, 0.15) is 16.3 Å². The van der Waals surface area contributed by atoms with Gasteiger partial charge in [-0.3, -0.25) is 4.79 Å². The van der Waals surface area contributed by atoms with Crippen LogP contribution in [0.1, 0.15) is 35.5 Å². The number of aryl methyl sites for hydroxylation is 1. The van der Waals surface area contributed by atoms with Gasteiger partial charge in [-0.1, -0.05) is 6.07 Å². The zero-order valence-electron chi connectivity index (χ0n) is 17.0. The molecular formula is C21H20F3N5O2S. The quantitative estimate of drug-likeness (QED) is 0.524. The third-order valence-corrected chi connectivity index (χ3v) is 6.60. The van der Waals surface area contributed by atoms with Crippen LogP contribution in [0.15, 0.2) is 36.7 Å². The molecule has 1 amide bonds. The molecule has 0 bridgehead atoms. The molecule has 1 saturated carbocycles. The number of halogens is 3. The molecule has 7 nitrogen and oxygen atoms in total. The standard InChI is InChI=1S/C21H20F3N5O2S/c1-11-6-13(8-14(7-11)28-19-26-5-3-16(29-19)21(22,23)24)15-10-27-18(32-15)20(31)4-2-12(9-20)17(25)30/h3,5-8,10,12,31H,2,4,9H2,1H3,(H2,25,30)(H,26,28,29). The van der Waals surface area contributed by atoms with Crippen molar-refractivity contribution in [2.24, 2.45) is 11.7 Å². The summed E-state index contributed by atoms with van der Waals surface area (Å²) in [5, 5.41) is 14.3. The Morgan fingerprint density at radius 1 is 1.31 bits per heavy atom. The van der Waals surface area contributed by atoms with Gasteiger partial charge in [0.25, 0.3) is 0 Å². The summed E-state index contributed by atoms with van der Waals surface area (Å²) in [5.74, 6) is -0.974. The molecule has 4 N–H and O–H groups in total. The minimum absolute atomic E-state index is 0.167. The highest BCUT2D eigenvalue weighted by Crippen LogP contribution is 2.45. The number of carbonyl (C=O) groups is 1. The number of hydrogen-bond acceptors (Lipinski definition) is 7. The van der Waals surface area contributed by atoms with Gasteiger partial charge >= 0.3 is 6.18 Å². The van der Waals surface area contributed by atoms with Gasteiger partial charge in [-0.15, -0.1) is 11.3 Å². The van der Waals surface area contributed by atoms with E-state index in [2.05, 4.69) is 20.3 Å². The molecule has 1 fully saturated rings. The Morgan fingerprint density at radius 2 is 2.09 bits per heavy atom. The first-order valence-electron chi connectivity index (χ1n) is 9.81. The van der Waals surface area contributed by atoms with Gasteiger partial charge in [-0.05, 0) is 55.5 Å². The van der Waals surface area contributed by atoms with Crippen LogP contribution in [0.2, 0.25) is 0 Å². The summed E-state index contributed by atoms with van der Waals surface area (Å²) in [6.45, 7) is 1.85. The maximum absolute atomic E-state index is 12.9. The maximum Gasteiger partial charge on any atom is 0.433 e. The van der Waals surface area contributed by atoms with Crippen molar-refractivity contribution in [3.8, 4) is 10.4 Å². The molecule has 1 aliphatic rings. The highest BCUT2D eigenvalue weighted by molar-refractivity contribution is 7.15. The van der Waals surface area contributed by atoms with Crippen molar-refractivity contribution < 1.29 is 23.1 Å². The third-order valence-electron chi connectivity index (χ3n) is 5.36. The van der Waals surface area contributed by atoms with E-state index >= 15 is 0 Å². The van der Waals surface area contributed by atoms with Gasteiger partial charge < -0.3 is 16.2 Å². The van der Waals surface area contributed by atoms with E-state index in [1.807, 2.05) is 13.0 Å². The second-order valence-electron chi connectivity index (χ2n) is 7.88. The topological polar surface area (TPSA) is 114 Å². The fourth-order valence-corrected chi connectivity index (χ4v) is 4.82. The van der Waals surface area contributed by atoms with E-state index in [1.165, 1.54) is 11.3 Å². The number of anilines is 2. The minimum atomic E-state index is -4.57. The Hall–Kier alpha value is -3.05. The van der Waals surface area contributed by atoms with Gasteiger partial charge in [0.15, 0.2) is 0 Å². The molecule has 0 aliphatic heterocycles. The number of nitrogens with zero attached hydrogens (tertiary/aromatic N) is 3. The number of primary amides is 1. The number of rotatable bonds is 5. The Labute approximate surface area is 185 Å². The van der Waals surface area contributed by atoms with Gasteiger partial charge in [0, 0.05) is 24.0 Å². The van der Waals surface area contributed by atoms with Crippen molar-refractivity contribution in [1.82, 2.24) is 15.0 Å². The van der Waals surface area contributed by atoms with Crippen molar-refractivity contribution in [2.75, 3.05) is 5.32 Å². The molecular weight excluding hydrogens is 443 g/mol. The van der Waals surface area contributed by atoms with Crippen LogP contribution in [0.4, 0.5) is 24.8 Å². The second-order valence-corrected chi connectivity index (χ2v) is 8.91. The van der Waals surface area contributed by atoms with Crippen molar-refractivity contribution >= 4 is 28.9 Å². The highest BCUT2D eigenvalue weighted by atomic mass is 32.1. The average molecular weight is 463 g/mol. The van der Waals surface area contributed by atoms with E-state index in [-0.39, 0.29) is 18.3 Å². The number of nitrogens with two attached hydrogens (primary N) is 1. The van der Waals surface area contributed by atoms with Crippen molar-refractivity contribution in [2.45, 2.75) is 38.0 Å². The number of thiazole rings is 1. The Morgan fingerprint density at radius 3 is 2.78 bits per heavy atom. The number of aliphatic hydroxyl groups is 1. The summed E-state index contributed by atoms with van der Waals surface area (Å²) >= 11 is 1.30. The normalized spacial score (nSPS) is 21.0. The SMILES string of the molecule is Cc1cc(Nc2nccc(C(F)(F)F)n2)cc(-c2cnc(C3(O)CCC(C(N)=O)C3)s2)c1. The molecule has 2 heterocycles. The lowest BCUT2D eigenvalue weighted by Gasteiger charge is -2.19. The summed E-state index contributed by atoms with van der Waals surface area (Å²) in [7, 11) is 0. The summed E-state index contributed by atoms with van der Waals surface area (Å²) in [6.07, 6.45) is -0.731. The number of hydrogen-bond donors (Lipinski definition) is 3. The van der Waals surface area contributed by atoms with Crippen LogP contribution < -0.4 is 11.1 Å². The number of benzene rings is 1. The lowest BCUT2D eigenvalue weighted by molar-refractivity contribution is -0.141. The minimum Gasteiger partial charge on any atom is -0.383 e. The van der Waals surface area contributed by atoms with Crippen molar-refractivity contribution in [1.29, 1.82) is 0 Å². The van der Waals surface area contributed by atoms with E-state index in [4.69, 9.17) is 5.73 Å². The molecule has 0 saturated heterocycles. The summed E-state index contributed by atoms with van der Waals surface area (Å²) in [4.78, 5) is 24.0. The van der Waals surface area contributed by atoms with E-state index in [9.17, 15) is 23.1 Å². The fourth-order valence-electron chi connectivity index (χ4n) is 3.79. The zero-order chi connectivity index (χ0) is 23.1. The molecule has 3 aromatic rings. The molecule has 2 atom stereocenters. The van der Waals surface area contributed by atoms with Crippen LogP contribution in [-0.2, 0) is 16.6 Å². The molecule has 2 unspecified atom stereocenters. The van der Waals surface area contributed by atoms with E-state index in [0.717, 1.165) is 28.3 Å². The molecule has 11 heteroatoms. The fraction of sp³-hybridized carbons (Fsp3) is 0.333. The van der Waals surface area contributed by atoms with Crippen LogP contribution in [0, 0.1) is 12.8 Å². The third kappa shape index (κ3) is 4.58. The first kappa shape index (κ1) is 22.2. The Kier molecular flexibility index (Phi) is 5.63. The van der Waals surface area contributed by atoms with E-state index < -0.39 is 23.4 Å². The van der Waals surface area contributed by atoms with Crippen molar-refractivity contribution in [3.63, 3.8) is 0 Å². The Balaban J connectivity index is 1.59. The summed E-state index contributed by atoms with van der Waals surface area (Å²) in [6, 6.07) is 6.22. The summed E-state index contributed by atoms with van der Waals surface area (Å²) < 4.78 is 38.7. The largest absolute Gasteiger partial charge is 0.433 e. The van der Waals surface area contributed by atoms with Gasteiger partial charge in [-0.2, -0.15) is 13.2 Å². The number of carbonyl (C=O) groups excluding carboxylic acids is 1. The highest BCUT2D eigenvalue weighted by Gasteiger charge is 2.43. The van der Waals surface area contributed by atoms with Gasteiger partial charge in [-0.25, -0.2) is 15.0 Å². The monoisotopic (exact) mass is 463 g/mol. The lowest BCUT2D eigenvalue weighted by Crippen LogP contribution is -2.26. The lowest BCUT2D eigenvalue weighted by atomic mass is 10.0. The molecule has 1 aliphatic carbocycles. The molecule has 0 spiro atoms. The molecule has 2 aromatic heterocycles. The van der Waals surface area contributed by atoms with Crippen LogP contribution in [0.25, 0.3) is 10.4 Å². The van der Waals surface area contributed by atoms with Crippen LogP contribution in [0.5, 0.6) is 0 Å². The number of aromatic nitrogens is 3. The summed E-state index contributed by atoms with van der Waals surface area (Å²) in [5.41, 5.74) is 5.30. The van der Waals surface area contributed by atoms with E-state index in [0.29, 0.717) is 23.5 Å². The average Bonchev–Trinajstić information content (AvgIpc) is 3.35. The van der Waals surface area contributed by atoms with Gasteiger partial charge in [0.05, 0.1) is 4.88 Å². The first-order valence-corrected chi connectivity index (χ1v) is 10.6. The molecule has 0 radical (unpaired) electrons. The molecule has 4 rings (SSSR count). The molecule has 32 heavy (non-hydrogen) atoms. The van der Waals surface area contributed by atoms with Gasteiger partial charge in [0.2, 0.25) is 11.9 Å². The second kappa shape index (κ2) is 8.14. The van der Waals surface area contributed by atoms with Crippen LogP contribution in [0.3, 0.4) is 0 Å². The molecule has 1 aromatic carbocycles. The smallest absolute Gasteiger partial charge is 0.383 e. The Bertz CT molecular complexity index is 1170. The number of alkyl halides is 3. The van der Waals surface area contributed by atoms with Crippen molar-refractivity contribution in [3.05, 3.63) is 52.9 Å². The number of nitrogens with one attached hydrogen (secondary N) is 1. The van der Waals surface area contributed by atoms with Crippen LogP contribution >= 0.6 is 11.3 Å². The maximum atomic E-state index is 12.9. The predicted octanol–water partition coefficient (Wildman–Crippen LogP) is 4.14. The first-order chi connectivity index (χ1) is 15.0. The predicted molar refractivity (Wildman–Crippen MR) is 113 cm³/mol. The van der Waals surface area contributed by atoms with Crippen LogP contribution in [-0.4, -0.2) is 26.0 Å². The number of amides is 1. The molecule has 168 valence electrons. The zero-order valence-corrected chi connectivity index (χ0v) is 17.8.